The van der Waals surface area contributed by atoms with Gasteiger partial charge in [0.2, 0.25) is 11.8 Å². The topological polar surface area (TPSA) is 74.8 Å². The number of ether oxygens (including phenoxy) is 1. The molecular weight excluding hydrogens is 352 g/mol. The van der Waals surface area contributed by atoms with Crippen molar-refractivity contribution in [1.82, 2.24) is 14.8 Å². The Kier molecular flexibility index (Phi) is 5.14. The number of benzene rings is 1. The fourth-order valence-corrected chi connectivity index (χ4v) is 4.09. The molecule has 26 heavy (non-hydrogen) atoms. The Morgan fingerprint density at radius 3 is 3.00 bits per heavy atom. The average molecular weight is 374 g/mol. The molecule has 4 rings (SSSR count). The fourth-order valence-electron chi connectivity index (χ4n) is 3.43. The highest BCUT2D eigenvalue weighted by atomic mass is 32.1. The maximum absolute atomic E-state index is 12.6. The van der Waals surface area contributed by atoms with Crippen LogP contribution in [0.2, 0.25) is 0 Å². The van der Waals surface area contributed by atoms with Crippen molar-refractivity contribution in [2.75, 3.05) is 51.3 Å². The average Bonchev–Trinajstić information content (AvgIpc) is 3.27. The van der Waals surface area contributed by atoms with Crippen molar-refractivity contribution in [3.8, 4) is 0 Å². The van der Waals surface area contributed by atoms with Gasteiger partial charge in [-0.15, -0.1) is 11.3 Å². The Balaban J connectivity index is 1.31. The van der Waals surface area contributed by atoms with E-state index < -0.39 is 0 Å². The first kappa shape index (κ1) is 17.4. The Hall–Kier alpha value is -2.03. The zero-order valence-electron chi connectivity index (χ0n) is 14.5. The summed E-state index contributed by atoms with van der Waals surface area (Å²) in [4.78, 5) is 33.2. The van der Waals surface area contributed by atoms with Crippen LogP contribution in [-0.2, 0) is 14.3 Å². The monoisotopic (exact) mass is 374 g/mol. The van der Waals surface area contributed by atoms with E-state index in [0.29, 0.717) is 13.1 Å². The summed E-state index contributed by atoms with van der Waals surface area (Å²) < 4.78 is 6.43. The van der Waals surface area contributed by atoms with Crippen LogP contribution in [0.15, 0.2) is 23.7 Å². The summed E-state index contributed by atoms with van der Waals surface area (Å²) in [5.41, 5.74) is 3.40. The molecule has 1 aromatic heterocycles. The second kappa shape index (κ2) is 7.69. The molecule has 2 fully saturated rings. The molecule has 1 atom stereocenters. The Morgan fingerprint density at radius 1 is 1.31 bits per heavy atom. The van der Waals surface area contributed by atoms with E-state index in [1.54, 1.807) is 16.8 Å². The number of likely N-dealkylation sites (tertiary alicyclic amines) is 1. The molecule has 138 valence electrons. The first-order valence-corrected chi connectivity index (χ1v) is 9.79. The van der Waals surface area contributed by atoms with Crippen LogP contribution in [0.3, 0.4) is 0 Å². The summed E-state index contributed by atoms with van der Waals surface area (Å²) in [7, 11) is 0. The van der Waals surface area contributed by atoms with Crippen molar-refractivity contribution < 1.29 is 14.3 Å². The molecule has 0 radical (unpaired) electrons. The molecule has 1 aromatic carbocycles. The van der Waals surface area contributed by atoms with Gasteiger partial charge in [0.25, 0.3) is 0 Å². The molecule has 2 saturated heterocycles. The number of hydrogen-bond acceptors (Lipinski definition) is 6. The van der Waals surface area contributed by atoms with E-state index in [-0.39, 0.29) is 24.2 Å². The summed E-state index contributed by atoms with van der Waals surface area (Å²) in [6, 6.07) is 5.71. The number of aromatic nitrogens is 1. The normalized spacial score (nSPS) is 21.5. The van der Waals surface area contributed by atoms with E-state index >= 15 is 0 Å². The van der Waals surface area contributed by atoms with Crippen LogP contribution in [0.1, 0.15) is 6.42 Å². The zero-order chi connectivity index (χ0) is 17.9. The number of amides is 2. The van der Waals surface area contributed by atoms with Crippen LogP contribution in [0.25, 0.3) is 10.2 Å². The molecule has 2 aliphatic heterocycles. The molecule has 1 N–H and O–H groups in total. The molecule has 1 unspecified atom stereocenters. The summed E-state index contributed by atoms with van der Waals surface area (Å²) >= 11 is 1.57. The molecule has 7 nitrogen and oxygen atoms in total. The second-order valence-corrected chi connectivity index (χ2v) is 7.61. The third kappa shape index (κ3) is 3.87. The van der Waals surface area contributed by atoms with Gasteiger partial charge in [0.15, 0.2) is 0 Å². The number of hydrogen-bond donors (Lipinski definition) is 1. The fraction of sp³-hybridized carbons (Fsp3) is 0.500. The first-order valence-electron chi connectivity index (χ1n) is 8.91. The van der Waals surface area contributed by atoms with Gasteiger partial charge in [0.1, 0.15) is 0 Å². The van der Waals surface area contributed by atoms with Crippen LogP contribution in [0.4, 0.5) is 5.69 Å². The standard InChI is InChI=1S/C18H22N4O3S/c23-17-9-13(11-22(17)4-3-21-5-7-25-8-6-21)18(24)20-14-1-2-16-15(10-14)19-12-26-16/h1-2,10,12-13H,3-9,11H2,(H,20,24). The number of carbonyl (C=O) groups is 2. The summed E-state index contributed by atoms with van der Waals surface area (Å²) in [5.74, 6) is -0.325. The van der Waals surface area contributed by atoms with Crippen LogP contribution in [0, 0.1) is 5.92 Å². The van der Waals surface area contributed by atoms with E-state index in [1.807, 2.05) is 23.1 Å². The van der Waals surface area contributed by atoms with E-state index in [2.05, 4.69) is 15.2 Å². The molecule has 0 saturated carbocycles. The molecular formula is C18H22N4O3S. The Morgan fingerprint density at radius 2 is 2.15 bits per heavy atom. The SMILES string of the molecule is O=C(Nc1ccc2scnc2c1)C1CC(=O)N(CCN2CCOCC2)C1. The lowest BCUT2D eigenvalue weighted by Crippen LogP contribution is -2.42. The third-order valence-corrected chi connectivity index (χ3v) is 5.78. The molecule has 2 aliphatic rings. The highest BCUT2D eigenvalue weighted by Crippen LogP contribution is 2.24. The van der Waals surface area contributed by atoms with Crippen molar-refractivity contribution in [2.45, 2.75) is 6.42 Å². The quantitative estimate of drug-likeness (QED) is 0.857. The number of nitrogens with zero attached hydrogens (tertiary/aromatic N) is 3. The summed E-state index contributed by atoms with van der Waals surface area (Å²) in [6.45, 7) is 5.33. The predicted octanol–water partition coefficient (Wildman–Crippen LogP) is 1.42. The third-order valence-electron chi connectivity index (χ3n) is 4.97. The molecule has 0 aliphatic carbocycles. The van der Waals surface area contributed by atoms with E-state index in [4.69, 9.17) is 4.74 Å². The van der Waals surface area contributed by atoms with Crippen LogP contribution < -0.4 is 5.32 Å². The van der Waals surface area contributed by atoms with E-state index in [1.165, 1.54) is 0 Å². The Bertz CT molecular complexity index is 803. The van der Waals surface area contributed by atoms with Crippen LogP contribution >= 0.6 is 11.3 Å². The minimum Gasteiger partial charge on any atom is -0.379 e. The largest absolute Gasteiger partial charge is 0.379 e. The number of carbonyl (C=O) groups excluding carboxylic acids is 2. The second-order valence-electron chi connectivity index (χ2n) is 6.72. The van der Waals surface area contributed by atoms with Gasteiger partial charge in [-0.1, -0.05) is 0 Å². The molecule has 3 heterocycles. The summed E-state index contributed by atoms with van der Waals surface area (Å²) in [5, 5.41) is 2.93. The van der Waals surface area contributed by atoms with Crippen molar-refractivity contribution in [1.29, 1.82) is 0 Å². The van der Waals surface area contributed by atoms with Gasteiger partial charge >= 0.3 is 0 Å². The number of rotatable bonds is 5. The number of morpholine rings is 1. The molecule has 0 spiro atoms. The van der Waals surface area contributed by atoms with Crippen molar-refractivity contribution in [2.24, 2.45) is 5.92 Å². The zero-order valence-corrected chi connectivity index (χ0v) is 15.3. The highest BCUT2D eigenvalue weighted by Gasteiger charge is 2.34. The lowest BCUT2D eigenvalue weighted by molar-refractivity contribution is -0.128. The van der Waals surface area contributed by atoms with E-state index in [9.17, 15) is 9.59 Å². The van der Waals surface area contributed by atoms with Gasteiger partial charge in [-0.05, 0) is 18.2 Å². The molecule has 0 bridgehead atoms. The first-order chi connectivity index (χ1) is 12.7. The maximum Gasteiger partial charge on any atom is 0.229 e. The van der Waals surface area contributed by atoms with Crippen LogP contribution in [0.5, 0.6) is 0 Å². The highest BCUT2D eigenvalue weighted by molar-refractivity contribution is 7.16. The van der Waals surface area contributed by atoms with Crippen molar-refractivity contribution >= 4 is 39.1 Å². The van der Waals surface area contributed by atoms with Crippen molar-refractivity contribution in [3.63, 3.8) is 0 Å². The lowest BCUT2D eigenvalue weighted by Gasteiger charge is -2.28. The number of anilines is 1. The van der Waals surface area contributed by atoms with Gasteiger partial charge in [-0.25, -0.2) is 4.98 Å². The number of thiazole rings is 1. The van der Waals surface area contributed by atoms with E-state index in [0.717, 1.165) is 48.8 Å². The lowest BCUT2D eigenvalue weighted by atomic mass is 10.1. The number of nitrogens with one attached hydrogen (secondary N) is 1. The van der Waals surface area contributed by atoms with Gasteiger partial charge in [-0.3, -0.25) is 14.5 Å². The van der Waals surface area contributed by atoms with Crippen LogP contribution in [-0.4, -0.2) is 72.5 Å². The molecule has 2 amide bonds. The molecule has 8 heteroatoms. The number of fused-ring (bicyclic) bond motifs is 1. The smallest absolute Gasteiger partial charge is 0.229 e. The van der Waals surface area contributed by atoms with Gasteiger partial charge < -0.3 is 15.0 Å². The molecule has 2 aromatic rings. The minimum atomic E-state index is -0.293. The predicted molar refractivity (Wildman–Crippen MR) is 100 cm³/mol. The summed E-state index contributed by atoms with van der Waals surface area (Å²) in [6.07, 6.45) is 0.286. The van der Waals surface area contributed by atoms with Gasteiger partial charge in [-0.2, -0.15) is 0 Å². The minimum absolute atomic E-state index is 0.0633. The van der Waals surface area contributed by atoms with Crippen molar-refractivity contribution in [3.05, 3.63) is 23.7 Å². The Labute approximate surface area is 155 Å². The maximum atomic E-state index is 12.6. The van der Waals surface area contributed by atoms with Gasteiger partial charge in [0.05, 0.1) is 34.9 Å². The van der Waals surface area contributed by atoms with Gasteiger partial charge in [0, 0.05) is 44.8 Å².